The van der Waals surface area contributed by atoms with Gasteiger partial charge in [-0.25, -0.2) is 0 Å². The average molecular weight is 284 g/mol. The van der Waals surface area contributed by atoms with Gasteiger partial charge in [-0.15, -0.1) is 0 Å². The normalized spacial score (nSPS) is 10.4. The van der Waals surface area contributed by atoms with Crippen molar-refractivity contribution in [2.24, 2.45) is 0 Å². The van der Waals surface area contributed by atoms with Gasteiger partial charge in [0.15, 0.2) is 6.33 Å². The smallest absolute Gasteiger partial charge is 0.228 e. The Morgan fingerprint density at radius 1 is 1.16 bits per heavy atom. The van der Waals surface area contributed by atoms with Crippen LogP contribution >= 0.6 is 11.6 Å². The molecule has 0 aliphatic carbocycles. The van der Waals surface area contributed by atoms with Crippen LogP contribution in [-0.4, -0.2) is 38.2 Å². The van der Waals surface area contributed by atoms with Crippen LogP contribution in [0.1, 0.15) is 19.2 Å². The second kappa shape index (κ2) is 6.83. The second-order valence-corrected chi connectivity index (χ2v) is 4.03. The number of aromatic nitrogens is 5. The van der Waals surface area contributed by atoms with Crippen molar-refractivity contribution in [3.05, 3.63) is 17.5 Å². The summed E-state index contributed by atoms with van der Waals surface area (Å²) in [7, 11) is 0. The summed E-state index contributed by atoms with van der Waals surface area (Å²) in [5.74, 6) is 1.43. The van der Waals surface area contributed by atoms with Crippen LogP contribution in [0.25, 0.3) is 0 Å². The fraction of sp³-hybridized carbons (Fsp3) is 0.500. The minimum Gasteiger partial charge on any atom is -0.354 e. The van der Waals surface area contributed by atoms with Gasteiger partial charge in [-0.05, 0) is 18.0 Å². The zero-order chi connectivity index (χ0) is 13.5. The molecular formula is C10H14ClN7O. The Kier molecular flexibility index (Phi) is 4.85. The van der Waals surface area contributed by atoms with E-state index in [9.17, 15) is 0 Å². The van der Waals surface area contributed by atoms with Crippen LogP contribution in [0.3, 0.4) is 0 Å². The van der Waals surface area contributed by atoms with Crippen LogP contribution < -0.4 is 10.6 Å². The van der Waals surface area contributed by atoms with Gasteiger partial charge in [0.1, 0.15) is 0 Å². The van der Waals surface area contributed by atoms with E-state index < -0.39 is 0 Å². The summed E-state index contributed by atoms with van der Waals surface area (Å²) < 4.78 is 4.88. The summed E-state index contributed by atoms with van der Waals surface area (Å²) in [4.78, 5) is 16.1. The Morgan fingerprint density at radius 3 is 2.53 bits per heavy atom. The molecule has 0 saturated carbocycles. The molecule has 0 saturated heterocycles. The van der Waals surface area contributed by atoms with Gasteiger partial charge in [-0.2, -0.15) is 19.9 Å². The third-order valence-electron chi connectivity index (χ3n) is 2.17. The Hall–Kier alpha value is -1.96. The van der Waals surface area contributed by atoms with Crippen LogP contribution in [0, 0.1) is 0 Å². The molecule has 0 radical (unpaired) electrons. The third-order valence-corrected chi connectivity index (χ3v) is 2.34. The summed E-state index contributed by atoms with van der Waals surface area (Å²) >= 11 is 5.82. The number of halogens is 1. The molecule has 0 amide bonds. The maximum Gasteiger partial charge on any atom is 0.228 e. The number of hydrogen-bond donors (Lipinski definition) is 2. The van der Waals surface area contributed by atoms with E-state index in [4.69, 9.17) is 16.1 Å². The van der Waals surface area contributed by atoms with Crippen molar-refractivity contribution in [3.8, 4) is 0 Å². The van der Waals surface area contributed by atoms with E-state index >= 15 is 0 Å². The Bertz CT molecular complexity index is 505. The highest BCUT2D eigenvalue weighted by atomic mass is 35.5. The predicted molar refractivity (Wildman–Crippen MR) is 70.1 cm³/mol. The van der Waals surface area contributed by atoms with E-state index in [2.05, 4.69) is 42.6 Å². The summed E-state index contributed by atoms with van der Waals surface area (Å²) in [5, 5.41) is 9.75. The molecule has 8 nitrogen and oxygen atoms in total. The average Bonchev–Trinajstić information content (AvgIpc) is 2.89. The van der Waals surface area contributed by atoms with Gasteiger partial charge in [-0.3, -0.25) is 0 Å². The number of nitrogens with zero attached hydrogens (tertiary/aromatic N) is 5. The van der Waals surface area contributed by atoms with Crippen molar-refractivity contribution in [2.75, 3.05) is 23.7 Å². The SMILES string of the molecule is CCCNc1nc(Cl)nc(NCCc2ncno2)n1. The minimum atomic E-state index is 0.147. The second-order valence-electron chi connectivity index (χ2n) is 3.69. The lowest BCUT2D eigenvalue weighted by atomic mass is 10.4. The van der Waals surface area contributed by atoms with E-state index in [-0.39, 0.29) is 5.28 Å². The van der Waals surface area contributed by atoms with Crippen molar-refractivity contribution >= 4 is 23.5 Å². The standard InChI is InChI=1S/C10H14ClN7O/c1-2-4-12-9-16-8(11)17-10(18-9)13-5-3-7-14-6-15-19-7/h6H,2-5H2,1H3,(H2,12,13,16,17,18). The molecule has 0 unspecified atom stereocenters. The summed E-state index contributed by atoms with van der Waals surface area (Å²) in [6.45, 7) is 3.40. The van der Waals surface area contributed by atoms with Gasteiger partial charge in [0.2, 0.25) is 23.1 Å². The Balaban J connectivity index is 1.90. The lowest BCUT2D eigenvalue weighted by Gasteiger charge is -2.06. The molecule has 2 aromatic heterocycles. The molecular weight excluding hydrogens is 270 g/mol. The first-order chi connectivity index (χ1) is 9.28. The summed E-state index contributed by atoms with van der Waals surface area (Å²) in [6.07, 6.45) is 2.92. The summed E-state index contributed by atoms with van der Waals surface area (Å²) in [5.41, 5.74) is 0. The van der Waals surface area contributed by atoms with Gasteiger partial charge in [-0.1, -0.05) is 12.1 Å². The van der Waals surface area contributed by atoms with Crippen LogP contribution in [0.4, 0.5) is 11.9 Å². The van der Waals surface area contributed by atoms with Crippen LogP contribution in [0.15, 0.2) is 10.9 Å². The molecule has 0 spiro atoms. The fourth-order valence-corrected chi connectivity index (χ4v) is 1.49. The molecule has 0 aliphatic heterocycles. The zero-order valence-corrected chi connectivity index (χ0v) is 11.2. The molecule has 2 heterocycles. The first-order valence-corrected chi connectivity index (χ1v) is 6.30. The molecule has 102 valence electrons. The van der Waals surface area contributed by atoms with Crippen LogP contribution in [-0.2, 0) is 6.42 Å². The van der Waals surface area contributed by atoms with Crippen molar-refractivity contribution in [3.63, 3.8) is 0 Å². The van der Waals surface area contributed by atoms with Crippen LogP contribution in [0.5, 0.6) is 0 Å². The Morgan fingerprint density at radius 2 is 1.89 bits per heavy atom. The van der Waals surface area contributed by atoms with Gasteiger partial charge < -0.3 is 15.2 Å². The largest absolute Gasteiger partial charge is 0.354 e. The van der Waals surface area contributed by atoms with E-state index in [0.717, 1.165) is 13.0 Å². The van der Waals surface area contributed by atoms with E-state index in [1.54, 1.807) is 0 Å². The number of nitrogens with one attached hydrogen (secondary N) is 2. The number of anilines is 2. The molecule has 2 aromatic rings. The maximum atomic E-state index is 5.82. The monoisotopic (exact) mass is 283 g/mol. The number of rotatable bonds is 7. The molecule has 19 heavy (non-hydrogen) atoms. The molecule has 0 bridgehead atoms. The quantitative estimate of drug-likeness (QED) is 0.786. The number of hydrogen-bond acceptors (Lipinski definition) is 8. The molecule has 2 rings (SSSR count). The lowest BCUT2D eigenvalue weighted by Crippen LogP contribution is -2.11. The molecule has 2 N–H and O–H groups in total. The minimum absolute atomic E-state index is 0.147. The van der Waals surface area contributed by atoms with Gasteiger partial charge >= 0.3 is 0 Å². The van der Waals surface area contributed by atoms with E-state index in [0.29, 0.717) is 30.8 Å². The third kappa shape index (κ3) is 4.32. The van der Waals surface area contributed by atoms with Crippen molar-refractivity contribution < 1.29 is 4.52 Å². The van der Waals surface area contributed by atoms with E-state index in [1.807, 2.05) is 0 Å². The van der Waals surface area contributed by atoms with Crippen molar-refractivity contribution in [1.29, 1.82) is 0 Å². The maximum absolute atomic E-state index is 5.82. The molecule has 0 atom stereocenters. The molecule has 9 heteroatoms. The Labute approximate surface area is 115 Å². The first kappa shape index (κ1) is 13.5. The fourth-order valence-electron chi connectivity index (χ4n) is 1.33. The van der Waals surface area contributed by atoms with Crippen molar-refractivity contribution in [2.45, 2.75) is 19.8 Å². The highest BCUT2D eigenvalue weighted by Crippen LogP contribution is 2.09. The van der Waals surface area contributed by atoms with Gasteiger partial charge in [0.25, 0.3) is 0 Å². The lowest BCUT2D eigenvalue weighted by molar-refractivity contribution is 0.379. The molecule has 0 aliphatic rings. The van der Waals surface area contributed by atoms with Gasteiger partial charge in [0, 0.05) is 19.5 Å². The molecule has 0 aromatic carbocycles. The van der Waals surface area contributed by atoms with Gasteiger partial charge in [0.05, 0.1) is 0 Å². The zero-order valence-electron chi connectivity index (χ0n) is 10.4. The van der Waals surface area contributed by atoms with Crippen LogP contribution in [0.2, 0.25) is 5.28 Å². The van der Waals surface area contributed by atoms with E-state index in [1.165, 1.54) is 6.33 Å². The highest BCUT2D eigenvalue weighted by Gasteiger charge is 2.05. The van der Waals surface area contributed by atoms with Crippen molar-refractivity contribution in [1.82, 2.24) is 25.1 Å². The first-order valence-electron chi connectivity index (χ1n) is 5.93. The topological polar surface area (TPSA) is 102 Å². The highest BCUT2D eigenvalue weighted by molar-refractivity contribution is 6.28. The molecule has 0 fully saturated rings. The predicted octanol–water partition coefficient (Wildman–Crippen LogP) is 1.38. The summed E-state index contributed by atoms with van der Waals surface area (Å²) in [6, 6.07) is 0.